The summed E-state index contributed by atoms with van der Waals surface area (Å²) in [7, 11) is 0. The van der Waals surface area contributed by atoms with Crippen LogP contribution in [-0.4, -0.2) is 40.4 Å². The molecular formula is C21H24N4O. The average Bonchev–Trinajstić information content (AvgIpc) is 3.31. The number of fused-ring (bicyclic) bond motifs is 3. The first-order valence-electron chi connectivity index (χ1n) is 9.45. The van der Waals surface area contributed by atoms with E-state index in [1.807, 2.05) is 0 Å². The van der Waals surface area contributed by atoms with Gasteiger partial charge in [0.2, 0.25) is 5.95 Å². The maximum Gasteiger partial charge on any atom is 0.209 e. The Morgan fingerprint density at radius 3 is 2.69 bits per heavy atom. The molecule has 2 aliphatic heterocycles. The van der Waals surface area contributed by atoms with Crippen LogP contribution < -0.4 is 4.90 Å². The summed E-state index contributed by atoms with van der Waals surface area (Å²) in [5.41, 5.74) is 3.59. The molecule has 0 bridgehead atoms. The highest BCUT2D eigenvalue weighted by Crippen LogP contribution is 2.28. The van der Waals surface area contributed by atoms with Crippen LogP contribution in [0, 0.1) is 0 Å². The molecule has 0 amide bonds. The third kappa shape index (κ3) is 2.97. The number of nitrogens with zero attached hydrogens (tertiary/aromatic N) is 4. The molecule has 5 rings (SSSR count). The Hall–Kier alpha value is -2.37. The molecule has 0 radical (unpaired) electrons. The molecule has 0 saturated carbocycles. The van der Waals surface area contributed by atoms with Gasteiger partial charge in [-0.3, -0.25) is 9.47 Å². The highest BCUT2D eigenvalue weighted by atomic mass is 16.5. The Bertz CT molecular complexity index is 885. The first kappa shape index (κ1) is 15.9. The summed E-state index contributed by atoms with van der Waals surface area (Å²) in [6.45, 7) is 4.52. The van der Waals surface area contributed by atoms with E-state index in [2.05, 4.69) is 69.0 Å². The van der Waals surface area contributed by atoms with E-state index in [-0.39, 0.29) is 0 Å². The van der Waals surface area contributed by atoms with Crippen molar-refractivity contribution in [2.75, 3.05) is 24.7 Å². The lowest BCUT2D eigenvalue weighted by Gasteiger charge is -2.38. The van der Waals surface area contributed by atoms with Crippen LogP contribution >= 0.6 is 0 Å². The molecule has 1 aromatic heterocycles. The van der Waals surface area contributed by atoms with E-state index < -0.39 is 0 Å². The van der Waals surface area contributed by atoms with Gasteiger partial charge < -0.3 is 9.64 Å². The second-order valence-corrected chi connectivity index (χ2v) is 7.28. The summed E-state index contributed by atoms with van der Waals surface area (Å²) in [5.74, 6) is 1.07. The van der Waals surface area contributed by atoms with Crippen molar-refractivity contribution in [1.82, 2.24) is 14.5 Å². The highest BCUT2D eigenvalue weighted by molar-refractivity contribution is 5.79. The molecule has 0 spiro atoms. The Balaban J connectivity index is 1.48. The number of rotatable bonds is 4. The zero-order chi connectivity index (χ0) is 17.3. The van der Waals surface area contributed by atoms with Crippen molar-refractivity contribution in [2.45, 2.75) is 32.2 Å². The van der Waals surface area contributed by atoms with Crippen molar-refractivity contribution in [3.63, 3.8) is 0 Å². The molecule has 26 heavy (non-hydrogen) atoms. The van der Waals surface area contributed by atoms with E-state index in [0.717, 1.165) is 44.5 Å². The Morgan fingerprint density at radius 1 is 1.00 bits per heavy atom. The van der Waals surface area contributed by atoms with Crippen molar-refractivity contribution in [1.29, 1.82) is 0 Å². The first-order valence-corrected chi connectivity index (χ1v) is 9.45. The molecule has 1 fully saturated rings. The number of benzene rings is 2. The van der Waals surface area contributed by atoms with Crippen molar-refractivity contribution in [3.05, 3.63) is 60.2 Å². The van der Waals surface area contributed by atoms with Gasteiger partial charge in [0.25, 0.3) is 0 Å². The number of anilines is 1. The zero-order valence-electron chi connectivity index (χ0n) is 14.9. The standard InChI is InChI=1S/C21H24N4O/c1-2-7-17(8-3-1)13-24-15-23(14-18-9-6-12-26-18)16-25-20-11-5-4-10-19(20)22-21(24)25/h1-5,7-8,10-11,18H,6,9,12-16H2/t18-/m0/s1. The lowest BCUT2D eigenvalue weighted by molar-refractivity contribution is 0.0583. The van der Waals surface area contributed by atoms with E-state index in [1.165, 1.54) is 23.9 Å². The smallest absolute Gasteiger partial charge is 0.209 e. The quantitative estimate of drug-likeness (QED) is 0.723. The van der Waals surface area contributed by atoms with Crippen LogP contribution in [0.15, 0.2) is 54.6 Å². The van der Waals surface area contributed by atoms with Crippen molar-refractivity contribution in [3.8, 4) is 0 Å². The second-order valence-electron chi connectivity index (χ2n) is 7.28. The van der Waals surface area contributed by atoms with Gasteiger partial charge in [-0.1, -0.05) is 42.5 Å². The summed E-state index contributed by atoms with van der Waals surface area (Å²) in [4.78, 5) is 9.80. The number of imidazole rings is 1. The maximum absolute atomic E-state index is 5.88. The van der Waals surface area contributed by atoms with Crippen molar-refractivity contribution in [2.24, 2.45) is 0 Å². The van der Waals surface area contributed by atoms with Gasteiger partial charge in [-0.05, 0) is 30.5 Å². The van der Waals surface area contributed by atoms with Crippen LogP contribution in [0.1, 0.15) is 18.4 Å². The Kier molecular flexibility index (Phi) is 4.11. The topological polar surface area (TPSA) is 33.5 Å². The molecule has 2 aromatic carbocycles. The van der Waals surface area contributed by atoms with E-state index in [4.69, 9.17) is 9.72 Å². The van der Waals surface area contributed by atoms with Crippen LogP contribution in [0.25, 0.3) is 11.0 Å². The van der Waals surface area contributed by atoms with Crippen LogP contribution in [0.5, 0.6) is 0 Å². The zero-order valence-corrected chi connectivity index (χ0v) is 14.9. The molecule has 1 atom stereocenters. The fourth-order valence-corrected chi connectivity index (χ4v) is 4.11. The fourth-order valence-electron chi connectivity index (χ4n) is 4.11. The third-order valence-corrected chi connectivity index (χ3v) is 5.33. The fraction of sp³-hybridized carbons (Fsp3) is 0.381. The molecule has 1 saturated heterocycles. The summed E-state index contributed by atoms with van der Waals surface area (Å²) < 4.78 is 8.23. The molecule has 5 nitrogen and oxygen atoms in total. The minimum Gasteiger partial charge on any atom is -0.377 e. The largest absolute Gasteiger partial charge is 0.377 e. The van der Waals surface area contributed by atoms with E-state index in [1.54, 1.807) is 0 Å². The van der Waals surface area contributed by atoms with Crippen LogP contribution in [-0.2, 0) is 18.0 Å². The summed E-state index contributed by atoms with van der Waals surface area (Å²) in [5, 5.41) is 0. The molecular weight excluding hydrogens is 324 g/mol. The highest BCUT2D eigenvalue weighted by Gasteiger charge is 2.28. The predicted octanol–water partition coefficient (Wildman–Crippen LogP) is 3.45. The number of ether oxygens (including phenoxy) is 1. The monoisotopic (exact) mass is 348 g/mol. The van der Waals surface area contributed by atoms with Crippen LogP contribution in [0.2, 0.25) is 0 Å². The van der Waals surface area contributed by atoms with Gasteiger partial charge in [-0.25, -0.2) is 4.98 Å². The van der Waals surface area contributed by atoms with Gasteiger partial charge in [-0.15, -0.1) is 0 Å². The number of para-hydroxylation sites is 2. The molecule has 0 N–H and O–H groups in total. The van der Waals surface area contributed by atoms with Crippen LogP contribution in [0.3, 0.4) is 0 Å². The molecule has 3 aromatic rings. The van der Waals surface area contributed by atoms with E-state index in [9.17, 15) is 0 Å². The lowest BCUT2D eigenvalue weighted by Crippen LogP contribution is -2.47. The lowest BCUT2D eigenvalue weighted by atomic mass is 10.2. The average molecular weight is 348 g/mol. The van der Waals surface area contributed by atoms with Crippen molar-refractivity contribution < 1.29 is 4.74 Å². The Labute approximate surface area is 153 Å². The molecule has 0 unspecified atom stereocenters. The predicted molar refractivity (Wildman–Crippen MR) is 103 cm³/mol. The number of hydrogen-bond donors (Lipinski definition) is 0. The summed E-state index contributed by atoms with van der Waals surface area (Å²) >= 11 is 0. The Morgan fingerprint density at radius 2 is 1.85 bits per heavy atom. The van der Waals surface area contributed by atoms with Gasteiger partial charge >= 0.3 is 0 Å². The van der Waals surface area contributed by atoms with Gasteiger partial charge in [0, 0.05) is 19.7 Å². The van der Waals surface area contributed by atoms with Gasteiger partial charge in [-0.2, -0.15) is 0 Å². The minimum atomic E-state index is 0.366. The SMILES string of the molecule is c1ccc(CN2CN(C[C@@H]3CCCO3)Cn3c2nc2ccccc23)cc1. The first-order chi connectivity index (χ1) is 12.9. The number of aromatic nitrogens is 2. The van der Waals surface area contributed by atoms with Gasteiger partial charge in [0.05, 0.1) is 30.5 Å². The van der Waals surface area contributed by atoms with E-state index >= 15 is 0 Å². The molecule has 134 valence electrons. The molecule has 3 heterocycles. The normalized spacial score (nSPS) is 20.6. The molecule has 2 aliphatic rings. The summed E-state index contributed by atoms with van der Waals surface area (Å²) in [6.07, 6.45) is 2.72. The number of hydrogen-bond acceptors (Lipinski definition) is 4. The van der Waals surface area contributed by atoms with E-state index in [0.29, 0.717) is 6.10 Å². The van der Waals surface area contributed by atoms with Gasteiger partial charge in [0.1, 0.15) is 0 Å². The molecule has 5 heteroatoms. The second kappa shape index (κ2) is 6.74. The van der Waals surface area contributed by atoms with Crippen LogP contribution in [0.4, 0.5) is 5.95 Å². The maximum atomic E-state index is 5.88. The third-order valence-electron chi connectivity index (χ3n) is 5.33. The molecule has 0 aliphatic carbocycles. The summed E-state index contributed by atoms with van der Waals surface area (Å²) in [6, 6.07) is 19.1. The van der Waals surface area contributed by atoms with Gasteiger partial charge in [0.15, 0.2) is 0 Å². The van der Waals surface area contributed by atoms with Crippen molar-refractivity contribution >= 4 is 17.0 Å². The minimum absolute atomic E-state index is 0.366.